The van der Waals surface area contributed by atoms with Crippen molar-refractivity contribution in [1.29, 1.82) is 0 Å². The van der Waals surface area contributed by atoms with E-state index in [1.807, 2.05) is 45.0 Å². The zero-order valence-electron chi connectivity index (χ0n) is 12.6. The normalized spacial score (nSPS) is 12.2. The van der Waals surface area contributed by atoms with Gasteiger partial charge in [0.1, 0.15) is 11.5 Å². The van der Waals surface area contributed by atoms with E-state index >= 15 is 0 Å². The second-order valence-electron chi connectivity index (χ2n) is 5.24. The highest BCUT2D eigenvalue weighted by Gasteiger charge is 2.15. The van der Waals surface area contributed by atoms with Gasteiger partial charge in [0.2, 0.25) is 0 Å². The van der Waals surface area contributed by atoms with Crippen LogP contribution in [0.25, 0.3) is 0 Å². The summed E-state index contributed by atoms with van der Waals surface area (Å²) in [6.45, 7) is 6.00. The van der Waals surface area contributed by atoms with E-state index in [1.54, 1.807) is 6.07 Å². The molecule has 2 rings (SSSR count). The lowest BCUT2D eigenvalue weighted by Crippen LogP contribution is -2.26. The van der Waals surface area contributed by atoms with Crippen molar-refractivity contribution in [2.45, 2.75) is 33.3 Å². The van der Waals surface area contributed by atoms with E-state index in [2.05, 4.69) is 5.32 Å². The maximum absolute atomic E-state index is 12.0. The Morgan fingerprint density at radius 1 is 1.29 bits per heavy atom. The highest BCUT2D eigenvalue weighted by atomic mass is 16.3. The smallest absolute Gasteiger partial charge is 0.251 e. The largest absolute Gasteiger partial charge is 0.466 e. The SMILES string of the molecule is Cc1cc(C(O)CCNC(=O)c2ccccc2C)c(C)o1. The number of furan rings is 1. The second kappa shape index (κ2) is 6.59. The molecule has 1 unspecified atom stereocenters. The van der Waals surface area contributed by atoms with Crippen LogP contribution in [0.1, 0.15) is 45.5 Å². The van der Waals surface area contributed by atoms with E-state index < -0.39 is 6.10 Å². The van der Waals surface area contributed by atoms with Gasteiger partial charge in [-0.3, -0.25) is 4.79 Å². The van der Waals surface area contributed by atoms with Gasteiger partial charge in [-0.25, -0.2) is 0 Å². The number of nitrogens with one attached hydrogen (secondary N) is 1. The number of hydrogen-bond acceptors (Lipinski definition) is 3. The molecule has 4 heteroatoms. The van der Waals surface area contributed by atoms with Crippen LogP contribution in [0.5, 0.6) is 0 Å². The molecule has 1 aromatic carbocycles. The minimum absolute atomic E-state index is 0.111. The predicted molar refractivity (Wildman–Crippen MR) is 81.3 cm³/mol. The van der Waals surface area contributed by atoms with E-state index in [4.69, 9.17) is 4.42 Å². The monoisotopic (exact) mass is 287 g/mol. The quantitative estimate of drug-likeness (QED) is 0.888. The summed E-state index contributed by atoms with van der Waals surface area (Å²) in [6, 6.07) is 9.28. The number of rotatable bonds is 5. The van der Waals surface area contributed by atoms with E-state index in [-0.39, 0.29) is 5.91 Å². The van der Waals surface area contributed by atoms with Crippen LogP contribution in [-0.4, -0.2) is 17.6 Å². The van der Waals surface area contributed by atoms with Crippen molar-refractivity contribution < 1.29 is 14.3 Å². The third kappa shape index (κ3) is 3.73. The first kappa shape index (κ1) is 15.3. The van der Waals surface area contributed by atoms with Gasteiger partial charge in [-0.1, -0.05) is 18.2 Å². The number of aliphatic hydroxyl groups is 1. The first-order chi connectivity index (χ1) is 9.99. The fourth-order valence-electron chi connectivity index (χ4n) is 2.38. The molecule has 4 nitrogen and oxygen atoms in total. The Morgan fingerprint density at radius 2 is 2.00 bits per heavy atom. The van der Waals surface area contributed by atoms with E-state index in [9.17, 15) is 9.90 Å². The Hall–Kier alpha value is -2.07. The summed E-state index contributed by atoms with van der Waals surface area (Å²) in [7, 11) is 0. The molecule has 0 aliphatic rings. The Kier molecular flexibility index (Phi) is 4.81. The predicted octanol–water partition coefficient (Wildman–Crippen LogP) is 3.06. The number of carbonyl (C=O) groups is 1. The van der Waals surface area contributed by atoms with Crippen LogP contribution in [-0.2, 0) is 0 Å². The molecule has 0 aliphatic carbocycles. The van der Waals surface area contributed by atoms with Crippen molar-refractivity contribution in [3.05, 3.63) is 58.5 Å². The molecule has 1 atom stereocenters. The van der Waals surface area contributed by atoms with Crippen molar-refractivity contribution in [2.24, 2.45) is 0 Å². The number of carbonyl (C=O) groups excluding carboxylic acids is 1. The summed E-state index contributed by atoms with van der Waals surface area (Å²) < 4.78 is 5.40. The lowest BCUT2D eigenvalue weighted by atomic mass is 10.1. The summed E-state index contributed by atoms with van der Waals surface area (Å²) >= 11 is 0. The van der Waals surface area contributed by atoms with Crippen LogP contribution < -0.4 is 5.32 Å². The number of amides is 1. The number of aryl methyl sites for hydroxylation is 3. The minimum atomic E-state index is -0.625. The minimum Gasteiger partial charge on any atom is -0.466 e. The molecule has 2 N–H and O–H groups in total. The Labute approximate surface area is 124 Å². The summed E-state index contributed by atoms with van der Waals surface area (Å²) in [6.07, 6.45) is -0.170. The lowest BCUT2D eigenvalue weighted by molar-refractivity contribution is 0.0942. The molecule has 1 heterocycles. The van der Waals surface area contributed by atoms with Gasteiger partial charge >= 0.3 is 0 Å². The van der Waals surface area contributed by atoms with Gasteiger partial charge in [0.15, 0.2) is 0 Å². The average molecular weight is 287 g/mol. The fraction of sp³-hybridized carbons (Fsp3) is 0.353. The van der Waals surface area contributed by atoms with Crippen molar-refractivity contribution in [3.8, 4) is 0 Å². The van der Waals surface area contributed by atoms with Gasteiger partial charge in [0.05, 0.1) is 6.10 Å². The number of benzene rings is 1. The fourth-order valence-corrected chi connectivity index (χ4v) is 2.38. The number of hydrogen-bond donors (Lipinski definition) is 2. The standard InChI is InChI=1S/C17H21NO3/c1-11-6-4-5-7-14(11)17(20)18-9-8-16(19)15-10-12(2)21-13(15)3/h4-7,10,16,19H,8-9H2,1-3H3,(H,18,20). The summed E-state index contributed by atoms with van der Waals surface area (Å²) in [5.74, 6) is 1.40. The Balaban J connectivity index is 1.88. The molecular weight excluding hydrogens is 266 g/mol. The zero-order valence-corrected chi connectivity index (χ0v) is 12.6. The molecule has 21 heavy (non-hydrogen) atoms. The van der Waals surface area contributed by atoms with Crippen molar-refractivity contribution in [2.75, 3.05) is 6.54 Å². The maximum Gasteiger partial charge on any atom is 0.251 e. The molecule has 112 valence electrons. The first-order valence-electron chi connectivity index (χ1n) is 7.08. The van der Waals surface area contributed by atoms with Crippen LogP contribution in [0.3, 0.4) is 0 Å². The molecule has 0 fully saturated rings. The van der Waals surface area contributed by atoms with Crippen LogP contribution in [0.15, 0.2) is 34.7 Å². The van der Waals surface area contributed by atoms with Crippen molar-refractivity contribution >= 4 is 5.91 Å². The molecule has 0 aliphatic heterocycles. The summed E-state index contributed by atoms with van der Waals surface area (Å²) in [5.41, 5.74) is 2.40. The number of aliphatic hydroxyl groups excluding tert-OH is 1. The first-order valence-corrected chi connectivity index (χ1v) is 7.08. The molecule has 0 bridgehead atoms. The third-order valence-electron chi connectivity index (χ3n) is 3.53. The van der Waals surface area contributed by atoms with Gasteiger partial charge in [0.25, 0.3) is 5.91 Å². The molecule has 0 spiro atoms. The Morgan fingerprint density at radius 3 is 2.62 bits per heavy atom. The molecule has 0 saturated carbocycles. The van der Waals surface area contributed by atoms with E-state index in [0.29, 0.717) is 18.5 Å². The molecule has 0 saturated heterocycles. The van der Waals surface area contributed by atoms with Crippen molar-refractivity contribution in [3.63, 3.8) is 0 Å². The van der Waals surface area contributed by atoms with E-state index in [1.165, 1.54) is 0 Å². The zero-order chi connectivity index (χ0) is 15.4. The van der Waals surface area contributed by atoms with Gasteiger partial charge in [0, 0.05) is 17.7 Å². The van der Waals surface area contributed by atoms with Crippen LogP contribution in [0.4, 0.5) is 0 Å². The second-order valence-corrected chi connectivity index (χ2v) is 5.24. The molecule has 2 aromatic rings. The highest BCUT2D eigenvalue weighted by molar-refractivity contribution is 5.95. The van der Waals surface area contributed by atoms with Gasteiger partial charge < -0.3 is 14.8 Å². The van der Waals surface area contributed by atoms with Crippen LogP contribution >= 0.6 is 0 Å². The maximum atomic E-state index is 12.0. The van der Waals surface area contributed by atoms with Crippen molar-refractivity contribution in [1.82, 2.24) is 5.32 Å². The summed E-state index contributed by atoms with van der Waals surface area (Å²) in [5, 5.41) is 13.0. The van der Waals surface area contributed by atoms with Crippen LogP contribution in [0.2, 0.25) is 0 Å². The summed E-state index contributed by atoms with van der Waals surface area (Å²) in [4.78, 5) is 12.0. The van der Waals surface area contributed by atoms with Gasteiger partial charge in [-0.2, -0.15) is 0 Å². The molecule has 1 aromatic heterocycles. The van der Waals surface area contributed by atoms with E-state index in [0.717, 1.165) is 22.6 Å². The molecule has 1 amide bonds. The third-order valence-corrected chi connectivity index (χ3v) is 3.53. The topological polar surface area (TPSA) is 62.5 Å². The average Bonchev–Trinajstić information content (AvgIpc) is 2.78. The molecule has 0 radical (unpaired) electrons. The lowest BCUT2D eigenvalue weighted by Gasteiger charge is -2.11. The van der Waals surface area contributed by atoms with Gasteiger partial charge in [-0.15, -0.1) is 0 Å². The molecular formula is C17H21NO3. The van der Waals surface area contributed by atoms with Crippen LogP contribution in [0, 0.1) is 20.8 Å². The van der Waals surface area contributed by atoms with Gasteiger partial charge in [-0.05, 0) is 44.9 Å². The Bertz CT molecular complexity index is 631. The highest BCUT2D eigenvalue weighted by Crippen LogP contribution is 2.23.